The first-order valence-electron chi connectivity index (χ1n) is 11.2. The lowest BCUT2D eigenvalue weighted by molar-refractivity contribution is -0.136. The summed E-state index contributed by atoms with van der Waals surface area (Å²) in [6.07, 6.45) is 5.61. The Bertz CT molecular complexity index is 1100. The molecule has 2 saturated heterocycles. The van der Waals surface area contributed by atoms with Crippen LogP contribution in [0.25, 0.3) is 10.2 Å². The van der Waals surface area contributed by atoms with E-state index in [0.717, 1.165) is 42.8 Å². The second-order valence-corrected chi connectivity index (χ2v) is 11.8. The molecule has 1 amide bonds. The number of aromatic nitrogens is 1. The van der Waals surface area contributed by atoms with E-state index >= 15 is 0 Å². The average Bonchev–Trinajstić information content (AvgIpc) is 2.90. The molecular weight excluding hydrogens is 434 g/mol. The number of piperidine rings is 1. The van der Waals surface area contributed by atoms with Crippen molar-refractivity contribution in [2.24, 2.45) is 5.92 Å². The van der Waals surface area contributed by atoms with E-state index in [1.807, 2.05) is 18.7 Å². The van der Waals surface area contributed by atoms with Crippen molar-refractivity contribution in [2.75, 3.05) is 26.2 Å². The summed E-state index contributed by atoms with van der Waals surface area (Å²) < 4.78 is 30.3. The largest absolute Gasteiger partial charge is 0.342 e. The van der Waals surface area contributed by atoms with E-state index < -0.39 is 10.0 Å². The number of thiazole rings is 1. The monoisotopic (exact) mass is 465 g/mol. The van der Waals surface area contributed by atoms with Crippen LogP contribution in [0.1, 0.15) is 58.4 Å². The minimum atomic E-state index is -3.65. The molecule has 1 aromatic heterocycles. The number of carbonyl (C=O) groups excluding carboxylic acids is 1. The molecule has 0 radical (unpaired) electrons. The zero-order valence-corrected chi connectivity index (χ0v) is 19.9. The number of likely N-dealkylation sites (tertiary alicyclic amines) is 1. The molecule has 2 aromatic rings. The molecule has 31 heavy (non-hydrogen) atoms. The van der Waals surface area contributed by atoms with Gasteiger partial charge in [0.2, 0.25) is 15.9 Å². The molecule has 2 aliphatic rings. The number of nitrogens with zero attached hydrogens (tertiary/aromatic N) is 3. The van der Waals surface area contributed by atoms with Gasteiger partial charge in [-0.05, 0) is 57.7 Å². The lowest BCUT2D eigenvalue weighted by Crippen LogP contribution is -2.44. The molecular formula is C22H31N3O4S2. The van der Waals surface area contributed by atoms with Gasteiger partial charge in [0.25, 0.3) is 0 Å². The van der Waals surface area contributed by atoms with Crippen LogP contribution >= 0.6 is 11.3 Å². The maximum atomic E-state index is 13.2. The first-order chi connectivity index (χ1) is 14.8. The molecule has 9 heteroatoms. The van der Waals surface area contributed by atoms with E-state index in [1.165, 1.54) is 17.1 Å². The van der Waals surface area contributed by atoms with Crippen LogP contribution in [0, 0.1) is 5.92 Å². The molecule has 1 aromatic carbocycles. The summed E-state index contributed by atoms with van der Waals surface area (Å²) in [5.41, 5.74) is 0.769. The Labute approximate surface area is 187 Å². The molecule has 3 heterocycles. The van der Waals surface area contributed by atoms with Gasteiger partial charge in [-0.2, -0.15) is 4.31 Å². The van der Waals surface area contributed by atoms with Gasteiger partial charge in [-0.3, -0.25) is 14.2 Å². The average molecular weight is 466 g/mol. The van der Waals surface area contributed by atoms with Crippen LogP contribution < -0.4 is 4.87 Å². The van der Waals surface area contributed by atoms with E-state index in [1.54, 1.807) is 22.8 Å². The van der Waals surface area contributed by atoms with E-state index in [0.29, 0.717) is 30.6 Å². The third-order valence-electron chi connectivity index (χ3n) is 6.46. The molecule has 0 unspecified atom stereocenters. The number of carbonyl (C=O) groups is 1. The topological polar surface area (TPSA) is 79.7 Å². The smallest absolute Gasteiger partial charge is 0.308 e. The van der Waals surface area contributed by atoms with Crippen molar-refractivity contribution in [1.82, 2.24) is 13.8 Å². The predicted molar refractivity (Wildman–Crippen MR) is 123 cm³/mol. The van der Waals surface area contributed by atoms with Gasteiger partial charge in [-0.25, -0.2) is 8.42 Å². The molecule has 0 N–H and O–H groups in total. The second kappa shape index (κ2) is 9.03. The van der Waals surface area contributed by atoms with Crippen molar-refractivity contribution in [3.63, 3.8) is 0 Å². The fourth-order valence-corrected chi connectivity index (χ4v) is 7.33. The molecule has 4 rings (SSSR count). The first kappa shape index (κ1) is 22.5. The van der Waals surface area contributed by atoms with Crippen LogP contribution in [0.4, 0.5) is 0 Å². The third-order valence-corrected chi connectivity index (χ3v) is 9.27. The van der Waals surface area contributed by atoms with E-state index in [-0.39, 0.29) is 27.6 Å². The molecule has 0 aliphatic carbocycles. The Morgan fingerprint density at radius 1 is 1.03 bits per heavy atom. The van der Waals surface area contributed by atoms with Crippen LogP contribution in [0.15, 0.2) is 27.9 Å². The first-order valence-corrected chi connectivity index (χ1v) is 13.5. The molecule has 170 valence electrons. The summed E-state index contributed by atoms with van der Waals surface area (Å²) in [7, 11) is -3.65. The van der Waals surface area contributed by atoms with Gasteiger partial charge in [0.1, 0.15) is 0 Å². The highest BCUT2D eigenvalue weighted by Crippen LogP contribution is 2.29. The van der Waals surface area contributed by atoms with Crippen LogP contribution in [-0.2, 0) is 14.8 Å². The van der Waals surface area contributed by atoms with Gasteiger partial charge in [0.15, 0.2) is 0 Å². The highest BCUT2D eigenvalue weighted by atomic mass is 32.2. The number of rotatable bonds is 4. The molecule has 2 aliphatic heterocycles. The molecule has 2 fully saturated rings. The van der Waals surface area contributed by atoms with E-state index in [9.17, 15) is 18.0 Å². The van der Waals surface area contributed by atoms with Crippen molar-refractivity contribution in [3.05, 3.63) is 27.9 Å². The van der Waals surface area contributed by atoms with Crippen molar-refractivity contribution in [3.8, 4) is 0 Å². The van der Waals surface area contributed by atoms with Gasteiger partial charge in [0.05, 0.1) is 15.1 Å². The van der Waals surface area contributed by atoms with Gasteiger partial charge in [-0.15, -0.1) is 0 Å². The van der Waals surface area contributed by atoms with Gasteiger partial charge < -0.3 is 4.90 Å². The molecule has 7 nitrogen and oxygen atoms in total. The molecule has 0 bridgehead atoms. The fraction of sp³-hybridized carbons (Fsp3) is 0.636. The predicted octanol–water partition coefficient (Wildman–Crippen LogP) is 3.45. The van der Waals surface area contributed by atoms with Crippen LogP contribution in [0.2, 0.25) is 0 Å². The van der Waals surface area contributed by atoms with Gasteiger partial charge in [0, 0.05) is 38.1 Å². The number of sulfonamides is 1. The summed E-state index contributed by atoms with van der Waals surface area (Å²) in [6, 6.07) is 4.96. The number of amides is 1. The van der Waals surface area contributed by atoms with Gasteiger partial charge in [-0.1, -0.05) is 24.2 Å². The summed E-state index contributed by atoms with van der Waals surface area (Å²) in [5.74, 6) is 0.109. The zero-order chi connectivity index (χ0) is 22.2. The minimum Gasteiger partial charge on any atom is -0.342 e. The Balaban J connectivity index is 1.47. The highest BCUT2D eigenvalue weighted by molar-refractivity contribution is 7.89. The lowest BCUT2D eigenvalue weighted by Gasteiger charge is -2.33. The maximum Gasteiger partial charge on any atom is 0.308 e. The number of benzene rings is 1. The standard InChI is InChI=1S/C22H31N3O4S2/c1-16(2)25-19-8-7-18(15-20(19)30-22(25)27)31(28,29)24-13-9-17(10-14-24)21(26)23-11-5-3-4-6-12-23/h7-8,15-17H,3-6,9-14H2,1-2H3. The Kier molecular flexibility index (Phi) is 6.55. The Hall–Kier alpha value is -1.71. The number of hydrogen-bond acceptors (Lipinski definition) is 5. The maximum absolute atomic E-state index is 13.2. The van der Waals surface area contributed by atoms with E-state index in [2.05, 4.69) is 0 Å². The summed E-state index contributed by atoms with van der Waals surface area (Å²) in [4.78, 5) is 27.3. The Morgan fingerprint density at radius 2 is 1.68 bits per heavy atom. The molecule has 0 spiro atoms. The molecule has 0 atom stereocenters. The second-order valence-electron chi connectivity index (χ2n) is 8.88. The molecule has 0 saturated carbocycles. The normalized spacial score (nSPS) is 19.8. The van der Waals surface area contributed by atoms with Crippen LogP contribution in [0.5, 0.6) is 0 Å². The summed E-state index contributed by atoms with van der Waals surface area (Å²) in [5, 5.41) is 0. The minimum absolute atomic E-state index is 0.0180. The highest BCUT2D eigenvalue weighted by Gasteiger charge is 2.34. The summed E-state index contributed by atoms with van der Waals surface area (Å²) in [6.45, 7) is 6.25. The van der Waals surface area contributed by atoms with Crippen molar-refractivity contribution in [2.45, 2.75) is 63.3 Å². The van der Waals surface area contributed by atoms with Crippen LogP contribution in [0.3, 0.4) is 0 Å². The Morgan fingerprint density at radius 3 is 2.29 bits per heavy atom. The van der Waals surface area contributed by atoms with Crippen molar-refractivity contribution in [1.29, 1.82) is 0 Å². The zero-order valence-electron chi connectivity index (χ0n) is 18.2. The third kappa shape index (κ3) is 4.45. The number of hydrogen-bond donors (Lipinski definition) is 0. The fourth-order valence-electron chi connectivity index (χ4n) is 4.71. The van der Waals surface area contributed by atoms with Gasteiger partial charge >= 0.3 is 4.87 Å². The quantitative estimate of drug-likeness (QED) is 0.693. The number of fused-ring (bicyclic) bond motifs is 1. The van der Waals surface area contributed by atoms with Crippen molar-refractivity contribution >= 4 is 37.5 Å². The van der Waals surface area contributed by atoms with Crippen LogP contribution in [-0.4, -0.2) is 54.3 Å². The SMILES string of the molecule is CC(C)n1c(=O)sc2cc(S(=O)(=O)N3CCC(C(=O)N4CCCCCC4)CC3)ccc21. The lowest BCUT2D eigenvalue weighted by atomic mass is 9.96. The van der Waals surface area contributed by atoms with E-state index in [4.69, 9.17) is 0 Å². The van der Waals surface area contributed by atoms with Crippen molar-refractivity contribution < 1.29 is 13.2 Å². The summed E-state index contributed by atoms with van der Waals surface area (Å²) >= 11 is 1.08.